The molecule has 2 N–H and O–H groups in total. The number of rotatable bonds is 2. The van der Waals surface area contributed by atoms with E-state index in [1.165, 1.54) is 6.42 Å². The summed E-state index contributed by atoms with van der Waals surface area (Å²) in [7, 11) is 2.19. The number of hydrogen-bond donors (Lipinski definition) is 2. The van der Waals surface area contributed by atoms with Crippen molar-refractivity contribution < 1.29 is 5.11 Å². The smallest absolute Gasteiger partial charge is 0.0621 e. The number of likely N-dealkylation sites (N-methyl/N-ethyl adjacent to an activating group) is 1. The lowest BCUT2D eigenvalue weighted by Crippen LogP contribution is -2.62. The standard InChI is InChI=1S/C12H24N2O/c1-8-5-9(7-14(8)4)13-10-6-11(15)12(10,2)3/h8-11,13,15H,5-7H2,1-4H3. The number of nitrogens with zero attached hydrogens (tertiary/aromatic N) is 1. The van der Waals surface area contributed by atoms with Crippen LogP contribution in [0.3, 0.4) is 0 Å². The van der Waals surface area contributed by atoms with E-state index in [2.05, 4.69) is 38.0 Å². The van der Waals surface area contributed by atoms with Crippen LogP contribution in [-0.2, 0) is 0 Å². The number of aliphatic hydroxyl groups is 1. The lowest BCUT2D eigenvalue weighted by molar-refractivity contribution is -0.0754. The molecule has 0 bridgehead atoms. The van der Waals surface area contributed by atoms with Gasteiger partial charge >= 0.3 is 0 Å². The Kier molecular flexibility index (Phi) is 2.82. The molecular formula is C12H24N2O. The van der Waals surface area contributed by atoms with E-state index in [-0.39, 0.29) is 11.5 Å². The summed E-state index contributed by atoms with van der Waals surface area (Å²) in [6.45, 7) is 7.73. The van der Waals surface area contributed by atoms with Crippen LogP contribution in [0.5, 0.6) is 0 Å². The van der Waals surface area contributed by atoms with E-state index in [0.717, 1.165) is 13.0 Å². The van der Waals surface area contributed by atoms with Crippen LogP contribution in [0.15, 0.2) is 0 Å². The van der Waals surface area contributed by atoms with Crippen molar-refractivity contribution in [1.29, 1.82) is 0 Å². The Balaban J connectivity index is 1.84. The third-order valence-electron chi connectivity index (χ3n) is 4.54. The Labute approximate surface area is 92.8 Å². The number of likely N-dealkylation sites (tertiary alicyclic amines) is 1. The first-order valence-corrected chi connectivity index (χ1v) is 6.05. The second kappa shape index (κ2) is 3.72. The fourth-order valence-corrected chi connectivity index (χ4v) is 2.78. The molecule has 88 valence electrons. The van der Waals surface area contributed by atoms with Gasteiger partial charge in [-0.2, -0.15) is 0 Å². The number of nitrogens with one attached hydrogen (secondary N) is 1. The molecule has 0 radical (unpaired) electrons. The van der Waals surface area contributed by atoms with Crippen molar-refractivity contribution in [3.05, 3.63) is 0 Å². The average Bonchev–Trinajstić information content (AvgIpc) is 2.46. The zero-order valence-electron chi connectivity index (χ0n) is 10.3. The Morgan fingerprint density at radius 2 is 2.00 bits per heavy atom. The molecule has 3 heteroatoms. The zero-order valence-corrected chi connectivity index (χ0v) is 10.3. The van der Waals surface area contributed by atoms with Gasteiger partial charge in [0.1, 0.15) is 0 Å². The van der Waals surface area contributed by atoms with Gasteiger partial charge in [-0.25, -0.2) is 0 Å². The molecule has 1 saturated heterocycles. The molecule has 1 aliphatic heterocycles. The van der Waals surface area contributed by atoms with Crippen molar-refractivity contribution in [2.45, 2.75) is 57.8 Å². The van der Waals surface area contributed by atoms with Gasteiger partial charge in [-0.15, -0.1) is 0 Å². The van der Waals surface area contributed by atoms with Crippen LogP contribution in [0, 0.1) is 5.41 Å². The second-order valence-corrected chi connectivity index (χ2v) is 6.01. The average molecular weight is 212 g/mol. The highest BCUT2D eigenvalue weighted by Gasteiger charge is 2.48. The summed E-state index contributed by atoms with van der Waals surface area (Å²) in [5.74, 6) is 0. The molecular weight excluding hydrogens is 188 g/mol. The molecule has 3 nitrogen and oxygen atoms in total. The van der Waals surface area contributed by atoms with Crippen molar-refractivity contribution in [1.82, 2.24) is 10.2 Å². The molecule has 2 aliphatic rings. The van der Waals surface area contributed by atoms with Gasteiger partial charge in [-0.05, 0) is 26.8 Å². The van der Waals surface area contributed by atoms with Gasteiger partial charge < -0.3 is 15.3 Å². The highest BCUT2D eigenvalue weighted by atomic mass is 16.3. The molecule has 2 rings (SSSR count). The fraction of sp³-hybridized carbons (Fsp3) is 1.00. The zero-order chi connectivity index (χ0) is 11.2. The normalized spacial score (nSPS) is 45.4. The van der Waals surface area contributed by atoms with Crippen LogP contribution in [0.25, 0.3) is 0 Å². The Bertz CT molecular complexity index is 232. The maximum Gasteiger partial charge on any atom is 0.0621 e. The van der Waals surface area contributed by atoms with Gasteiger partial charge in [0, 0.05) is 30.1 Å². The van der Waals surface area contributed by atoms with Crippen LogP contribution in [0.1, 0.15) is 33.6 Å². The SMILES string of the molecule is CC1CC(NC2CC(O)C2(C)C)CN1C. The van der Waals surface area contributed by atoms with Gasteiger partial charge in [0.2, 0.25) is 0 Å². The largest absolute Gasteiger partial charge is 0.392 e. The van der Waals surface area contributed by atoms with Gasteiger partial charge in [-0.3, -0.25) is 0 Å². The van der Waals surface area contributed by atoms with Crippen LogP contribution >= 0.6 is 0 Å². The van der Waals surface area contributed by atoms with Crippen molar-refractivity contribution in [2.75, 3.05) is 13.6 Å². The van der Waals surface area contributed by atoms with Gasteiger partial charge in [0.05, 0.1) is 6.10 Å². The molecule has 1 saturated carbocycles. The molecule has 0 aromatic heterocycles. The minimum atomic E-state index is -0.119. The number of aliphatic hydroxyl groups excluding tert-OH is 1. The lowest BCUT2D eigenvalue weighted by atomic mass is 9.64. The highest BCUT2D eigenvalue weighted by molar-refractivity contribution is 5.03. The van der Waals surface area contributed by atoms with Gasteiger partial charge in [0.25, 0.3) is 0 Å². The third-order valence-corrected chi connectivity index (χ3v) is 4.54. The van der Waals surface area contributed by atoms with E-state index < -0.39 is 0 Å². The molecule has 15 heavy (non-hydrogen) atoms. The van der Waals surface area contributed by atoms with Gasteiger partial charge in [0.15, 0.2) is 0 Å². The molecule has 0 spiro atoms. The predicted octanol–water partition coefficient (Wildman–Crippen LogP) is 0.828. The minimum absolute atomic E-state index is 0.0599. The van der Waals surface area contributed by atoms with Crippen LogP contribution in [-0.4, -0.2) is 47.8 Å². The quantitative estimate of drug-likeness (QED) is 0.711. The van der Waals surface area contributed by atoms with Gasteiger partial charge in [-0.1, -0.05) is 13.8 Å². The maximum absolute atomic E-state index is 9.67. The Hall–Kier alpha value is -0.120. The fourth-order valence-electron chi connectivity index (χ4n) is 2.78. The van der Waals surface area contributed by atoms with Crippen molar-refractivity contribution in [3.8, 4) is 0 Å². The molecule has 4 unspecified atom stereocenters. The summed E-state index contributed by atoms with van der Waals surface area (Å²) >= 11 is 0. The molecule has 0 aromatic rings. The van der Waals surface area contributed by atoms with E-state index in [9.17, 15) is 5.11 Å². The summed E-state index contributed by atoms with van der Waals surface area (Å²) < 4.78 is 0. The molecule has 2 fully saturated rings. The summed E-state index contributed by atoms with van der Waals surface area (Å²) in [4.78, 5) is 2.40. The summed E-state index contributed by atoms with van der Waals surface area (Å²) in [6.07, 6.45) is 2.03. The highest BCUT2D eigenvalue weighted by Crippen LogP contribution is 2.41. The first-order chi connectivity index (χ1) is 6.91. The summed E-state index contributed by atoms with van der Waals surface area (Å²) in [6, 6.07) is 1.80. The van der Waals surface area contributed by atoms with Crippen LogP contribution in [0.4, 0.5) is 0 Å². The topological polar surface area (TPSA) is 35.5 Å². The van der Waals surface area contributed by atoms with Crippen LogP contribution < -0.4 is 5.32 Å². The molecule has 0 aromatic carbocycles. The monoisotopic (exact) mass is 212 g/mol. The van der Waals surface area contributed by atoms with Crippen molar-refractivity contribution >= 4 is 0 Å². The molecule has 1 aliphatic carbocycles. The van der Waals surface area contributed by atoms with E-state index >= 15 is 0 Å². The Morgan fingerprint density at radius 3 is 2.40 bits per heavy atom. The summed E-state index contributed by atoms with van der Waals surface area (Å²) in [5.41, 5.74) is 0.0599. The lowest BCUT2D eigenvalue weighted by Gasteiger charge is -2.50. The molecule has 4 atom stereocenters. The summed E-state index contributed by atoms with van der Waals surface area (Å²) in [5, 5.41) is 13.4. The first-order valence-electron chi connectivity index (χ1n) is 6.05. The minimum Gasteiger partial charge on any atom is -0.392 e. The van der Waals surface area contributed by atoms with Crippen molar-refractivity contribution in [2.24, 2.45) is 5.41 Å². The van der Waals surface area contributed by atoms with Crippen molar-refractivity contribution in [3.63, 3.8) is 0 Å². The van der Waals surface area contributed by atoms with E-state index in [1.54, 1.807) is 0 Å². The molecule has 0 amide bonds. The predicted molar refractivity (Wildman–Crippen MR) is 61.8 cm³/mol. The van der Waals surface area contributed by atoms with E-state index in [0.29, 0.717) is 18.1 Å². The maximum atomic E-state index is 9.67. The Morgan fingerprint density at radius 1 is 1.33 bits per heavy atom. The second-order valence-electron chi connectivity index (χ2n) is 6.01. The van der Waals surface area contributed by atoms with E-state index in [1.807, 2.05) is 0 Å². The third kappa shape index (κ3) is 1.93. The van der Waals surface area contributed by atoms with E-state index in [4.69, 9.17) is 0 Å². The molecule has 1 heterocycles. The first kappa shape index (κ1) is 11.4. The van der Waals surface area contributed by atoms with Crippen LogP contribution in [0.2, 0.25) is 0 Å². The number of hydrogen-bond acceptors (Lipinski definition) is 3.